The van der Waals surface area contributed by atoms with Gasteiger partial charge < -0.3 is 14.8 Å². The van der Waals surface area contributed by atoms with Crippen LogP contribution >= 0.6 is 12.2 Å². The number of hydrogen-bond donors (Lipinski definition) is 1. The van der Waals surface area contributed by atoms with Crippen molar-refractivity contribution in [1.82, 2.24) is 19.8 Å². The van der Waals surface area contributed by atoms with Crippen molar-refractivity contribution in [3.63, 3.8) is 0 Å². The molecule has 30 heavy (non-hydrogen) atoms. The van der Waals surface area contributed by atoms with Crippen molar-refractivity contribution in [3.05, 3.63) is 60.2 Å². The van der Waals surface area contributed by atoms with E-state index < -0.39 is 0 Å². The van der Waals surface area contributed by atoms with Crippen LogP contribution in [0.1, 0.15) is 20.7 Å². The molecule has 2 aromatic carbocycles. The highest BCUT2D eigenvalue weighted by atomic mass is 32.1. The number of imidazole rings is 1. The van der Waals surface area contributed by atoms with Crippen LogP contribution in [-0.2, 0) is 4.74 Å². The van der Waals surface area contributed by atoms with E-state index >= 15 is 0 Å². The van der Waals surface area contributed by atoms with Gasteiger partial charge in [0.25, 0.3) is 11.8 Å². The predicted octanol–water partition coefficient (Wildman–Crippen LogP) is 2.08. The molecule has 1 aromatic heterocycles. The summed E-state index contributed by atoms with van der Waals surface area (Å²) in [7, 11) is 1.60. The highest BCUT2D eigenvalue weighted by molar-refractivity contribution is 7.80. The van der Waals surface area contributed by atoms with Crippen LogP contribution in [0.3, 0.4) is 0 Å². The van der Waals surface area contributed by atoms with E-state index in [9.17, 15) is 9.59 Å². The van der Waals surface area contributed by atoms with Crippen LogP contribution in [-0.4, -0.2) is 64.8 Å². The van der Waals surface area contributed by atoms with Crippen LogP contribution in [0.25, 0.3) is 10.8 Å². The lowest BCUT2D eigenvalue weighted by Crippen LogP contribution is -2.45. The number of ether oxygens (including phenoxy) is 2. The monoisotopic (exact) mass is 424 g/mol. The van der Waals surface area contributed by atoms with Gasteiger partial charge in [0.15, 0.2) is 5.11 Å². The molecule has 3 aromatic rings. The first kappa shape index (κ1) is 20.0. The Hall–Kier alpha value is -3.30. The standard InChI is InChI=1S/C21H20N4O4S/c1-28-11-12-29-17-6-5-16-18-14(17)3-2-4-15(18)19(26)25(20(16)27)10-8-23-21(30)24-9-7-22-13-24/h2-7,9,13H,8,10-12H2,1H3,(H,23,30). The smallest absolute Gasteiger partial charge is 0.261 e. The lowest BCUT2D eigenvalue weighted by Gasteiger charge is -2.28. The van der Waals surface area contributed by atoms with Crippen LogP contribution in [0.15, 0.2) is 49.1 Å². The van der Waals surface area contributed by atoms with E-state index in [1.807, 2.05) is 6.07 Å². The highest BCUT2D eigenvalue weighted by Crippen LogP contribution is 2.35. The molecule has 0 atom stereocenters. The second-order valence-corrected chi connectivity index (χ2v) is 7.03. The molecule has 1 aliphatic rings. The van der Waals surface area contributed by atoms with E-state index in [4.69, 9.17) is 21.7 Å². The molecule has 0 aliphatic carbocycles. The zero-order valence-electron chi connectivity index (χ0n) is 16.3. The number of rotatable bonds is 7. The first-order valence-electron chi connectivity index (χ1n) is 9.41. The van der Waals surface area contributed by atoms with Crippen molar-refractivity contribution in [1.29, 1.82) is 0 Å². The molecule has 4 rings (SSSR count). The number of aromatic nitrogens is 2. The van der Waals surface area contributed by atoms with E-state index in [-0.39, 0.29) is 18.4 Å². The fourth-order valence-corrected chi connectivity index (χ4v) is 3.64. The maximum atomic E-state index is 13.1. The summed E-state index contributed by atoms with van der Waals surface area (Å²) in [6.07, 6.45) is 4.92. The van der Waals surface area contributed by atoms with Gasteiger partial charge in [-0.05, 0) is 30.4 Å². The number of thiocarbonyl (C=S) groups is 1. The van der Waals surface area contributed by atoms with Crippen LogP contribution in [0, 0.1) is 0 Å². The van der Waals surface area contributed by atoms with Crippen molar-refractivity contribution in [2.24, 2.45) is 0 Å². The average molecular weight is 424 g/mol. The van der Waals surface area contributed by atoms with Crippen LogP contribution < -0.4 is 10.1 Å². The minimum Gasteiger partial charge on any atom is -0.491 e. The lowest BCUT2D eigenvalue weighted by atomic mass is 9.93. The summed E-state index contributed by atoms with van der Waals surface area (Å²) in [6, 6.07) is 8.85. The molecule has 0 bridgehead atoms. The second kappa shape index (κ2) is 8.60. The Balaban J connectivity index is 1.55. The number of benzene rings is 2. The fourth-order valence-electron chi connectivity index (χ4n) is 3.43. The van der Waals surface area contributed by atoms with Crippen molar-refractivity contribution in [2.75, 3.05) is 33.4 Å². The van der Waals surface area contributed by atoms with E-state index in [2.05, 4.69) is 10.3 Å². The molecule has 0 spiro atoms. The number of nitrogens with one attached hydrogen (secondary N) is 1. The topological polar surface area (TPSA) is 85.7 Å². The number of amides is 2. The number of imide groups is 1. The van der Waals surface area contributed by atoms with Gasteiger partial charge in [0.2, 0.25) is 0 Å². The minimum absolute atomic E-state index is 0.189. The molecule has 0 saturated carbocycles. The summed E-state index contributed by atoms with van der Waals surface area (Å²) < 4.78 is 12.4. The number of carbonyl (C=O) groups is 2. The molecule has 1 N–H and O–H groups in total. The molecule has 1 aliphatic heterocycles. The van der Waals surface area contributed by atoms with Crippen molar-refractivity contribution >= 4 is 39.9 Å². The Morgan fingerprint density at radius 1 is 1.13 bits per heavy atom. The molecule has 0 saturated heterocycles. The van der Waals surface area contributed by atoms with Crippen molar-refractivity contribution in [3.8, 4) is 5.75 Å². The maximum Gasteiger partial charge on any atom is 0.261 e. The van der Waals surface area contributed by atoms with Gasteiger partial charge in [-0.25, -0.2) is 4.98 Å². The Bertz CT molecular complexity index is 1090. The number of methoxy groups -OCH3 is 1. The van der Waals surface area contributed by atoms with E-state index in [1.165, 1.54) is 4.90 Å². The van der Waals surface area contributed by atoms with Gasteiger partial charge in [-0.2, -0.15) is 0 Å². The third-order valence-corrected chi connectivity index (χ3v) is 5.20. The fraction of sp³-hybridized carbons (Fsp3) is 0.238. The van der Waals surface area contributed by atoms with E-state index in [0.717, 1.165) is 5.39 Å². The second-order valence-electron chi connectivity index (χ2n) is 6.64. The van der Waals surface area contributed by atoms with Crippen molar-refractivity contribution < 1.29 is 19.1 Å². The summed E-state index contributed by atoms with van der Waals surface area (Å²) >= 11 is 5.27. The lowest BCUT2D eigenvalue weighted by molar-refractivity contribution is 0.0613. The molecule has 8 nitrogen and oxygen atoms in total. The molecular weight excluding hydrogens is 404 g/mol. The summed E-state index contributed by atoms with van der Waals surface area (Å²) in [4.78, 5) is 31.3. The number of carbonyl (C=O) groups excluding carboxylic acids is 2. The Morgan fingerprint density at radius 2 is 1.93 bits per heavy atom. The zero-order valence-corrected chi connectivity index (χ0v) is 17.1. The van der Waals surface area contributed by atoms with E-state index in [1.54, 1.807) is 54.7 Å². The molecule has 0 radical (unpaired) electrons. The SMILES string of the molecule is COCCOc1ccc2c3c(cccc13)C(=O)N(CCNC(=S)n1ccnc1)C2=O. The Kier molecular flexibility index (Phi) is 5.73. The summed E-state index contributed by atoms with van der Waals surface area (Å²) in [5.74, 6) is -0.0426. The van der Waals surface area contributed by atoms with E-state index in [0.29, 0.717) is 47.1 Å². The Morgan fingerprint density at radius 3 is 2.67 bits per heavy atom. The molecular formula is C21H20N4O4S. The number of nitrogens with zero attached hydrogens (tertiary/aromatic N) is 3. The molecule has 9 heteroatoms. The summed E-state index contributed by atoms with van der Waals surface area (Å²) in [6.45, 7) is 1.35. The highest BCUT2D eigenvalue weighted by Gasteiger charge is 2.33. The largest absolute Gasteiger partial charge is 0.491 e. The van der Waals surface area contributed by atoms with Gasteiger partial charge in [0.05, 0.1) is 6.61 Å². The molecule has 2 amide bonds. The maximum absolute atomic E-state index is 13.1. The summed E-state index contributed by atoms with van der Waals surface area (Å²) in [5, 5.41) is 4.85. The van der Waals surface area contributed by atoms with Crippen LogP contribution in [0.2, 0.25) is 0 Å². The first-order chi connectivity index (χ1) is 14.6. The Labute approximate surface area is 178 Å². The van der Waals surface area contributed by atoms with Gasteiger partial charge in [-0.3, -0.25) is 19.1 Å². The molecule has 0 fully saturated rings. The van der Waals surface area contributed by atoms with Gasteiger partial charge in [0.1, 0.15) is 18.7 Å². The van der Waals surface area contributed by atoms with Gasteiger partial charge in [-0.1, -0.05) is 12.1 Å². The molecule has 2 heterocycles. The van der Waals surface area contributed by atoms with Crippen LogP contribution in [0.5, 0.6) is 5.75 Å². The summed E-state index contributed by atoms with van der Waals surface area (Å²) in [5.41, 5.74) is 0.966. The molecule has 0 unspecified atom stereocenters. The quantitative estimate of drug-likeness (QED) is 0.353. The zero-order chi connectivity index (χ0) is 21.1. The van der Waals surface area contributed by atoms with Crippen molar-refractivity contribution in [2.45, 2.75) is 0 Å². The first-order valence-corrected chi connectivity index (χ1v) is 9.82. The van der Waals surface area contributed by atoms with Crippen LogP contribution in [0.4, 0.5) is 0 Å². The third-order valence-electron chi connectivity index (χ3n) is 4.85. The normalized spacial score (nSPS) is 13.0. The number of hydrogen-bond acceptors (Lipinski definition) is 6. The third kappa shape index (κ3) is 3.64. The van der Waals surface area contributed by atoms with Gasteiger partial charge in [0, 0.05) is 54.5 Å². The van der Waals surface area contributed by atoms with Gasteiger partial charge >= 0.3 is 0 Å². The minimum atomic E-state index is -0.331. The average Bonchev–Trinajstić information content (AvgIpc) is 3.30. The predicted molar refractivity (Wildman–Crippen MR) is 115 cm³/mol. The van der Waals surface area contributed by atoms with Gasteiger partial charge in [-0.15, -0.1) is 0 Å². The molecule has 154 valence electrons.